The number of esters is 1. The maximum atomic E-state index is 13.1. The molecule has 0 fully saturated rings. The number of aromatic nitrogens is 3. The molecule has 0 unspecified atom stereocenters. The van der Waals surface area contributed by atoms with Crippen LogP contribution >= 0.6 is 0 Å². The number of pyridine rings is 1. The van der Waals surface area contributed by atoms with E-state index >= 15 is 0 Å². The number of carbonyl (C=O) groups excluding carboxylic acids is 1. The van der Waals surface area contributed by atoms with E-state index in [1.54, 1.807) is 16.8 Å². The average Bonchev–Trinajstić information content (AvgIpc) is 3.39. The van der Waals surface area contributed by atoms with E-state index in [1.165, 1.54) is 0 Å². The molecule has 0 aliphatic carbocycles. The first-order chi connectivity index (χ1) is 18.2. The van der Waals surface area contributed by atoms with Gasteiger partial charge >= 0.3 is 5.97 Å². The van der Waals surface area contributed by atoms with Crippen LogP contribution in [-0.2, 0) is 22.7 Å². The maximum Gasteiger partial charge on any atom is 0.326 e. The summed E-state index contributed by atoms with van der Waals surface area (Å²) in [7, 11) is 0. The quantitative estimate of drug-likeness (QED) is 0.223. The van der Waals surface area contributed by atoms with Crippen molar-refractivity contribution in [2.24, 2.45) is 0 Å². The summed E-state index contributed by atoms with van der Waals surface area (Å²) in [5, 5.41) is 5.94. The van der Waals surface area contributed by atoms with Gasteiger partial charge in [0, 0.05) is 28.1 Å². The molecule has 0 bridgehead atoms. The van der Waals surface area contributed by atoms with Crippen LogP contribution in [0, 0.1) is 0 Å². The van der Waals surface area contributed by atoms with E-state index in [1.807, 2.05) is 108 Å². The van der Waals surface area contributed by atoms with Crippen LogP contribution in [0.25, 0.3) is 38.8 Å². The van der Waals surface area contributed by atoms with Gasteiger partial charge in [-0.1, -0.05) is 72.8 Å². The maximum absolute atomic E-state index is 13.1. The van der Waals surface area contributed by atoms with Gasteiger partial charge in [-0.15, -0.1) is 0 Å². The molecule has 180 valence electrons. The first-order valence-electron chi connectivity index (χ1n) is 12.0. The van der Waals surface area contributed by atoms with E-state index in [9.17, 15) is 9.59 Å². The predicted octanol–water partition coefficient (Wildman–Crippen LogP) is 5.75. The molecule has 0 aliphatic heterocycles. The van der Waals surface area contributed by atoms with E-state index in [2.05, 4.69) is 0 Å². The lowest BCUT2D eigenvalue weighted by atomic mass is 10.1. The lowest BCUT2D eigenvalue weighted by molar-refractivity contribution is -0.145. The minimum absolute atomic E-state index is 0.0190. The first-order valence-corrected chi connectivity index (χ1v) is 12.0. The Labute approximate surface area is 213 Å². The van der Waals surface area contributed by atoms with Gasteiger partial charge in [-0.3, -0.25) is 9.59 Å². The number of fused-ring (bicyclic) bond motifs is 2. The minimum atomic E-state index is -0.398. The zero-order valence-corrected chi connectivity index (χ0v) is 20.0. The Hall–Kier alpha value is -4.97. The van der Waals surface area contributed by atoms with Crippen molar-refractivity contribution in [1.29, 1.82) is 0 Å². The second-order valence-corrected chi connectivity index (χ2v) is 8.76. The van der Waals surface area contributed by atoms with Crippen LogP contribution in [0.15, 0.2) is 120 Å². The molecule has 2 heterocycles. The van der Waals surface area contributed by atoms with E-state index < -0.39 is 5.97 Å². The smallest absolute Gasteiger partial charge is 0.326 e. The van der Waals surface area contributed by atoms with Gasteiger partial charge in [0.15, 0.2) is 5.43 Å². The summed E-state index contributed by atoms with van der Waals surface area (Å²) < 4.78 is 9.43. The second-order valence-electron chi connectivity index (χ2n) is 8.76. The molecule has 0 radical (unpaired) electrons. The molecule has 0 amide bonds. The van der Waals surface area contributed by atoms with E-state index in [-0.39, 0.29) is 18.6 Å². The molecule has 0 aliphatic rings. The van der Waals surface area contributed by atoms with Gasteiger partial charge in [-0.2, -0.15) is 5.10 Å². The Balaban J connectivity index is 1.32. The molecule has 6 rings (SSSR count). The van der Waals surface area contributed by atoms with Crippen molar-refractivity contribution in [1.82, 2.24) is 14.3 Å². The summed E-state index contributed by atoms with van der Waals surface area (Å²) in [4.78, 5) is 26.1. The summed E-state index contributed by atoms with van der Waals surface area (Å²) in [5.74, 6) is -0.398. The minimum Gasteiger partial charge on any atom is -0.459 e. The molecule has 0 spiro atoms. The second kappa shape index (κ2) is 9.59. The van der Waals surface area contributed by atoms with E-state index in [0.717, 1.165) is 22.5 Å². The molecule has 6 nitrogen and oxygen atoms in total. The van der Waals surface area contributed by atoms with Crippen LogP contribution in [0.4, 0.5) is 0 Å². The van der Waals surface area contributed by atoms with Crippen LogP contribution in [0.1, 0.15) is 5.56 Å². The van der Waals surface area contributed by atoms with Crippen molar-refractivity contribution in [3.05, 3.63) is 131 Å². The number of carbonyl (C=O) groups is 1. The van der Waals surface area contributed by atoms with Gasteiger partial charge in [0.05, 0.1) is 22.4 Å². The highest BCUT2D eigenvalue weighted by Crippen LogP contribution is 2.25. The fourth-order valence-electron chi connectivity index (χ4n) is 4.65. The standard InChI is InChI=1S/C31H23N3O3/c35-29(20-33-27-17-9-7-15-25(27)31(36)26-16-8-10-18-28(26)33)37-21-23-19-34(24-13-5-2-6-14-24)32-30(23)22-11-3-1-4-12-22/h1-19H,20-21H2. The first kappa shape index (κ1) is 22.5. The van der Waals surface area contributed by atoms with Crippen LogP contribution in [0.3, 0.4) is 0 Å². The summed E-state index contributed by atoms with van der Waals surface area (Å²) in [5.41, 5.74) is 4.78. The summed E-state index contributed by atoms with van der Waals surface area (Å²) >= 11 is 0. The van der Waals surface area contributed by atoms with Crippen molar-refractivity contribution in [2.75, 3.05) is 0 Å². The van der Waals surface area contributed by atoms with Crippen molar-refractivity contribution >= 4 is 27.8 Å². The van der Waals surface area contributed by atoms with Gasteiger partial charge in [0.2, 0.25) is 0 Å². The molecule has 0 N–H and O–H groups in total. The summed E-state index contributed by atoms with van der Waals surface area (Å²) in [6, 6.07) is 34.3. The van der Waals surface area contributed by atoms with Crippen LogP contribution in [0.2, 0.25) is 0 Å². The third-order valence-corrected chi connectivity index (χ3v) is 6.41. The number of ether oxygens (including phenoxy) is 1. The number of hydrogen-bond donors (Lipinski definition) is 0. The molecule has 37 heavy (non-hydrogen) atoms. The highest BCUT2D eigenvalue weighted by molar-refractivity contribution is 5.94. The fraction of sp³-hybridized carbons (Fsp3) is 0.0645. The Morgan fingerprint density at radius 2 is 1.30 bits per heavy atom. The normalized spacial score (nSPS) is 11.1. The molecule has 6 heteroatoms. The van der Waals surface area contributed by atoms with Gasteiger partial charge in [-0.25, -0.2) is 4.68 Å². The van der Waals surface area contributed by atoms with Gasteiger partial charge in [-0.05, 0) is 36.4 Å². The highest BCUT2D eigenvalue weighted by atomic mass is 16.5. The van der Waals surface area contributed by atoms with Crippen molar-refractivity contribution in [3.63, 3.8) is 0 Å². The van der Waals surface area contributed by atoms with Gasteiger partial charge in [0.25, 0.3) is 0 Å². The predicted molar refractivity (Wildman–Crippen MR) is 145 cm³/mol. The van der Waals surface area contributed by atoms with Crippen molar-refractivity contribution in [2.45, 2.75) is 13.2 Å². The van der Waals surface area contributed by atoms with Gasteiger partial charge < -0.3 is 9.30 Å². The Morgan fingerprint density at radius 3 is 1.95 bits per heavy atom. The lowest BCUT2D eigenvalue weighted by Gasteiger charge is -2.14. The lowest BCUT2D eigenvalue weighted by Crippen LogP contribution is -2.18. The topological polar surface area (TPSA) is 66.1 Å². The molecule has 4 aromatic carbocycles. The monoisotopic (exact) mass is 485 g/mol. The molecule has 6 aromatic rings. The Morgan fingerprint density at radius 1 is 0.730 bits per heavy atom. The summed E-state index contributed by atoms with van der Waals surface area (Å²) in [6.07, 6.45) is 1.90. The third kappa shape index (κ3) is 4.29. The zero-order valence-electron chi connectivity index (χ0n) is 20.0. The fourth-order valence-corrected chi connectivity index (χ4v) is 4.65. The van der Waals surface area contributed by atoms with Crippen LogP contribution < -0.4 is 5.43 Å². The molecular formula is C31H23N3O3. The van der Waals surface area contributed by atoms with Crippen molar-refractivity contribution in [3.8, 4) is 16.9 Å². The van der Waals surface area contributed by atoms with E-state index in [4.69, 9.17) is 9.84 Å². The average molecular weight is 486 g/mol. The SMILES string of the molecule is O=C(Cn1c2ccccc2c(=O)c2ccccc21)OCc1cn(-c2ccccc2)nc1-c1ccccc1. The molecule has 0 saturated carbocycles. The number of benzene rings is 4. The molecule has 2 aromatic heterocycles. The van der Waals surface area contributed by atoms with Crippen LogP contribution in [0.5, 0.6) is 0 Å². The molecular weight excluding hydrogens is 462 g/mol. The molecule has 0 atom stereocenters. The van der Waals surface area contributed by atoms with Crippen LogP contribution in [-0.4, -0.2) is 20.3 Å². The Kier molecular flexibility index (Phi) is 5.83. The van der Waals surface area contributed by atoms with Gasteiger partial charge in [0.1, 0.15) is 13.2 Å². The zero-order chi connectivity index (χ0) is 25.2. The Bertz CT molecular complexity index is 1730. The van der Waals surface area contributed by atoms with E-state index in [0.29, 0.717) is 21.8 Å². The summed E-state index contributed by atoms with van der Waals surface area (Å²) in [6.45, 7) is 0.0563. The number of rotatable bonds is 6. The number of para-hydroxylation sites is 3. The largest absolute Gasteiger partial charge is 0.459 e. The van der Waals surface area contributed by atoms with Crippen molar-refractivity contribution < 1.29 is 9.53 Å². The third-order valence-electron chi connectivity index (χ3n) is 6.41. The number of nitrogens with zero attached hydrogens (tertiary/aromatic N) is 3. The number of hydrogen-bond acceptors (Lipinski definition) is 4. The highest BCUT2D eigenvalue weighted by Gasteiger charge is 2.17. The molecule has 0 saturated heterocycles.